The van der Waals surface area contributed by atoms with Gasteiger partial charge in [0.15, 0.2) is 5.78 Å². The Labute approximate surface area is 122 Å². The summed E-state index contributed by atoms with van der Waals surface area (Å²) < 4.78 is 0. The number of hydrogen-bond acceptors (Lipinski definition) is 2. The van der Waals surface area contributed by atoms with E-state index in [1.54, 1.807) is 0 Å². The maximum Gasteiger partial charge on any atom is 0.166 e. The molecule has 3 rings (SSSR count). The molecule has 108 valence electrons. The molecule has 0 saturated carbocycles. The molecule has 2 atom stereocenters. The van der Waals surface area contributed by atoms with E-state index < -0.39 is 0 Å². The summed E-state index contributed by atoms with van der Waals surface area (Å²) in [6, 6.07) is 9.40. The third kappa shape index (κ3) is 2.67. The van der Waals surface area contributed by atoms with Crippen molar-refractivity contribution < 1.29 is 4.79 Å². The van der Waals surface area contributed by atoms with Gasteiger partial charge in [-0.15, -0.1) is 0 Å². The lowest BCUT2D eigenvalue weighted by Gasteiger charge is -2.28. The van der Waals surface area contributed by atoms with Gasteiger partial charge < -0.3 is 5.32 Å². The van der Waals surface area contributed by atoms with Crippen LogP contribution in [0.4, 0.5) is 0 Å². The Morgan fingerprint density at radius 1 is 1.15 bits per heavy atom. The van der Waals surface area contributed by atoms with Crippen molar-refractivity contribution in [1.82, 2.24) is 5.32 Å². The predicted octanol–water partition coefficient (Wildman–Crippen LogP) is 3.70. The first-order valence-corrected chi connectivity index (χ1v) is 7.84. The topological polar surface area (TPSA) is 29.1 Å². The number of carbonyl (C=O) groups is 1. The molecule has 0 radical (unpaired) electrons. The van der Waals surface area contributed by atoms with Crippen LogP contribution in [-0.4, -0.2) is 17.9 Å². The highest BCUT2D eigenvalue weighted by Crippen LogP contribution is 2.33. The fourth-order valence-electron chi connectivity index (χ4n) is 3.65. The number of Topliss-reactive ketones (excluding diaryl/α,β-unsaturated/α-hetero) is 1. The summed E-state index contributed by atoms with van der Waals surface area (Å²) in [5, 5.41) is 3.61. The van der Waals surface area contributed by atoms with Gasteiger partial charge in [0.05, 0.1) is 0 Å². The molecule has 2 bridgehead atoms. The third-order valence-electron chi connectivity index (χ3n) is 4.86. The zero-order valence-electron chi connectivity index (χ0n) is 12.8. The second kappa shape index (κ2) is 5.00. The Bertz CT molecular complexity index is 502. The van der Waals surface area contributed by atoms with Crippen LogP contribution in [-0.2, 0) is 5.41 Å². The van der Waals surface area contributed by atoms with Crippen molar-refractivity contribution in [2.24, 2.45) is 5.92 Å². The monoisotopic (exact) mass is 271 g/mol. The molecule has 2 heterocycles. The molecule has 2 aliphatic heterocycles. The van der Waals surface area contributed by atoms with Gasteiger partial charge in [-0.1, -0.05) is 39.0 Å². The normalized spacial score (nSPS) is 29.4. The van der Waals surface area contributed by atoms with Crippen LogP contribution in [0.1, 0.15) is 62.4 Å². The maximum absolute atomic E-state index is 12.8. The smallest absolute Gasteiger partial charge is 0.166 e. The molecule has 1 aromatic carbocycles. The van der Waals surface area contributed by atoms with E-state index in [1.807, 2.05) is 12.1 Å². The highest BCUT2D eigenvalue weighted by molar-refractivity contribution is 5.98. The van der Waals surface area contributed by atoms with Gasteiger partial charge in [-0.3, -0.25) is 4.79 Å². The van der Waals surface area contributed by atoms with Gasteiger partial charge in [0.2, 0.25) is 0 Å². The second-order valence-electron chi connectivity index (χ2n) is 7.50. The average molecular weight is 271 g/mol. The van der Waals surface area contributed by atoms with Gasteiger partial charge in [0.25, 0.3) is 0 Å². The van der Waals surface area contributed by atoms with Crippen LogP contribution in [0.25, 0.3) is 0 Å². The van der Waals surface area contributed by atoms with E-state index in [0.29, 0.717) is 17.9 Å². The molecule has 2 fully saturated rings. The first-order valence-electron chi connectivity index (χ1n) is 7.84. The van der Waals surface area contributed by atoms with Gasteiger partial charge in [-0.25, -0.2) is 0 Å². The van der Waals surface area contributed by atoms with Crippen LogP contribution < -0.4 is 5.32 Å². The lowest BCUT2D eigenvalue weighted by atomic mass is 9.82. The van der Waals surface area contributed by atoms with Crippen LogP contribution in [0, 0.1) is 5.92 Å². The number of nitrogens with one attached hydrogen (secondary N) is 1. The molecule has 2 saturated heterocycles. The summed E-state index contributed by atoms with van der Waals surface area (Å²) >= 11 is 0. The summed E-state index contributed by atoms with van der Waals surface area (Å²) in [5.41, 5.74) is 2.26. The first kappa shape index (κ1) is 13.8. The minimum atomic E-state index is 0.101. The number of rotatable bonds is 2. The molecule has 1 aromatic rings. The lowest BCUT2D eigenvalue weighted by Crippen LogP contribution is -2.40. The molecule has 2 heteroatoms. The van der Waals surface area contributed by atoms with E-state index in [-0.39, 0.29) is 11.3 Å². The van der Waals surface area contributed by atoms with E-state index >= 15 is 0 Å². The van der Waals surface area contributed by atoms with E-state index in [0.717, 1.165) is 18.4 Å². The average Bonchev–Trinajstić information content (AvgIpc) is 2.76. The SMILES string of the molecule is CC(C)(C)c1cccc(C(=O)C2CC3CCC(C2)N3)c1. The molecule has 2 aliphatic rings. The van der Waals surface area contributed by atoms with E-state index in [9.17, 15) is 4.79 Å². The van der Waals surface area contributed by atoms with Gasteiger partial charge in [-0.05, 0) is 42.7 Å². The van der Waals surface area contributed by atoms with Crippen molar-refractivity contribution >= 4 is 5.78 Å². The minimum absolute atomic E-state index is 0.101. The summed E-state index contributed by atoms with van der Waals surface area (Å²) in [4.78, 5) is 12.8. The Balaban J connectivity index is 1.80. The first-order chi connectivity index (χ1) is 9.43. The Kier molecular flexibility index (Phi) is 3.45. The summed E-state index contributed by atoms with van der Waals surface area (Å²) in [5.74, 6) is 0.582. The minimum Gasteiger partial charge on any atom is -0.311 e. The Morgan fingerprint density at radius 3 is 2.40 bits per heavy atom. The van der Waals surface area contributed by atoms with Crippen molar-refractivity contribution in [2.75, 3.05) is 0 Å². The van der Waals surface area contributed by atoms with Crippen molar-refractivity contribution in [3.05, 3.63) is 35.4 Å². The van der Waals surface area contributed by atoms with Gasteiger partial charge in [0.1, 0.15) is 0 Å². The van der Waals surface area contributed by atoms with Gasteiger partial charge >= 0.3 is 0 Å². The molecular weight excluding hydrogens is 246 g/mol. The van der Waals surface area contributed by atoms with Crippen LogP contribution in [0.2, 0.25) is 0 Å². The van der Waals surface area contributed by atoms with E-state index in [4.69, 9.17) is 0 Å². The quantitative estimate of drug-likeness (QED) is 0.831. The Morgan fingerprint density at radius 2 is 1.80 bits per heavy atom. The molecule has 2 nitrogen and oxygen atoms in total. The third-order valence-corrected chi connectivity index (χ3v) is 4.86. The molecular formula is C18H25NO. The summed E-state index contributed by atoms with van der Waals surface area (Å²) in [6.45, 7) is 6.59. The van der Waals surface area contributed by atoms with Crippen molar-refractivity contribution in [1.29, 1.82) is 0 Å². The van der Waals surface area contributed by atoms with Crippen LogP contribution in [0.15, 0.2) is 24.3 Å². The summed E-state index contributed by atoms with van der Waals surface area (Å²) in [7, 11) is 0. The van der Waals surface area contributed by atoms with E-state index in [2.05, 4.69) is 38.2 Å². The Hall–Kier alpha value is -1.15. The molecule has 0 spiro atoms. The molecule has 0 aromatic heterocycles. The molecule has 1 N–H and O–H groups in total. The number of benzene rings is 1. The van der Waals surface area contributed by atoms with E-state index in [1.165, 1.54) is 18.4 Å². The highest BCUT2D eigenvalue weighted by Gasteiger charge is 2.36. The standard InChI is InChI=1S/C18H25NO/c1-18(2,3)14-6-4-5-12(9-14)17(20)13-10-15-7-8-16(11-13)19-15/h4-6,9,13,15-16,19H,7-8,10-11H2,1-3H3. The molecule has 20 heavy (non-hydrogen) atoms. The highest BCUT2D eigenvalue weighted by atomic mass is 16.1. The van der Waals surface area contributed by atoms with Crippen LogP contribution in [0.3, 0.4) is 0 Å². The maximum atomic E-state index is 12.8. The fraction of sp³-hybridized carbons (Fsp3) is 0.611. The summed E-state index contributed by atoms with van der Waals surface area (Å²) in [6.07, 6.45) is 4.54. The van der Waals surface area contributed by atoms with Crippen molar-refractivity contribution in [3.8, 4) is 0 Å². The fourth-order valence-corrected chi connectivity index (χ4v) is 3.65. The number of carbonyl (C=O) groups excluding carboxylic acids is 1. The number of ketones is 1. The van der Waals surface area contributed by atoms with Crippen molar-refractivity contribution in [3.63, 3.8) is 0 Å². The van der Waals surface area contributed by atoms with Gasteiger partial charge in [0, 0.05) is 23.6 Å². The zero-order valence-corrected chi connectivity index (χ0v) is 12.8. The zero-order chi connectivity index (χ0) is 14.3. The lowest BCUT2D eigenvalue weighted by molar-refractivity contribution is 0.0875. The number of hydrogen-bond donors (Lipinski definition) is 1. The molecule has 0 aliphatic carbocycles. The second-order valence-corrected chi connectivity index (χ2v) is 7.50. The number of fused-ring (bicyclic) bond motifs is 2. The molecule has 0 amide bonds. The predicted molar refractivity (Wildman–Crippen MR) is 82.1 cm³/mol. The van der Waals surface area contributed by atoms with Crippen molar-refractivity contribution in [2.45, 2.75) is 64.0 Å². The number of piperidine rings is 1. The van der Waals surface area contributed by atoms with Gasteiger partial charge in [-0.2, -0.15) is 0 Å². The van der Waals surface area contributed by atoms with Crippen LogP contribution >= 0.6 is 0 Å². The molecule has 2 unspecified atom stereocenters. The van der Waals surface area contributed by atoms with Crippen LogP contribution in [0.5, 0.6) is 0 Å². The largest absolute Gasteiger partial charge is 0.311 e.